The molecule has 6 unspecified atom stereocenters. The van der Waals surface area contributed by atoms with Gasteiger partial charge in [0, 0.05) is 37.1 Å². The maximum Gasteiger partial charge on any atom is 0.247 e. The summed E-state index contributed by atoms with van der Waals surface area (Å²) in [7, 11) is 1.48. The molecule has 45 heavy (non-hydrogen) atoms. The van der Waals surface area contributed by atoms with E-state index >= 15 is 0 Å². The molecule has 1 aromatic rings. The normalized spacial score (nSPS) is 26.7. The Hall–Kier alpha value is -2.18. The van der Waals surface area contributed by atoms with E-state index < -0.39 is 18.2 Å². The lowest BCUT2D eigenvalue weighted by molar-refractivity contribution is -0.148. The summed E-state index contributed by atoms with van der Waals surface area (Å²) in [5, 5.41) is 24.0. The minimum absolute atomic E-state index is 0.00747. The highest BCUT2D eigenvalue weighted by molar-refractivity contribution is 14.1. The summed E-state index contributed by atoms with van der Waals surface area (Å²) in [6, 6.07) is 2.57. The van der Waals surface area contributed by atoms with Crippen molar-refractivity contribution in [3.05, 3.63) is 32.9 Å². The van der Waals surface area contributed by atoms with Gasteiger partial charge >= 0.3 is 0 Å². The second-order valence-electron chi connectivity index (χ2n) is 13.6. The van der Waals surface area contributed by atoms with Crippen molar-refractivity contribution >= 4 is 40.7 Å². The molecule has 250 valence electrons. The lowest BCUT2D eigenvalue weighted by Gasteiger charge is -2.61. The van der Waals surface area contributed by atoms with Crippen molar-refractivity contribution in [1.82, 2.24) is 10.2 Å². The van der Waals surface area contributed by atoms with Crippen molar-refractivity contribution < 1.29 is 34.1 Å². The Balaban J connectivity index is 1.66. The highest BCUT2D eigenvalue weighted by atomic mass is 127. The summed E-state index contributed by atoms with van der Waals surface area (Å²) >= 11 is 2.06. The molecule has 0 heterocycles. The number of nitrogens with one attached hydrogen (secondary N) is 1. The molecule has 10 heteroatoms. The number of hydrogen-bond acceptors (Lipinski definition) is 7. The molecule has 9 nitrogen and oxygen atoms in total. The fourth-order valence-corrected chi connectivity index (χ4v) is 8.47. The molecule has 3 fully saturated rings. The van der Waals surface area contributed by atoms with E-state index in [0.717, 1.165) is 57.1 Å². The minimum Gasteiger partial charge on any atom is -0.493 e. The van der Waals surface area contributed by atoms with Crippen molar-refractivity contribution in [2.24, 2.45) is 23.2 Å². The Morgan fingerprint density at radius 1 is 1.18 bits per heavy atom. The summed E-state index contributed by atoms with van der Waals surface area (Å²) in [5.41, 5.74) is 1.07. The summed E-state index contributed by atoms with van der Waals surface area (Å²) in [4.78, 5) is 40.7. The highest BCUT2D eigenvalue weighted by Gasteiger charge is 2.55. The molecule has 5 rings (SSSR count). The Kier molecular flexibility index (Phi) is 12.7. The maximum atomic E-state index is 14.1. The van der Waals surface area contributed by atoms with Gasteiger partial charge in [0.05, 0.1) is 23.3 Å². The number of carbonyl (C=O) groups excluding carboxylic acids is 3. The molecule has 2 bridgehead atoms. The summed E-state index contributed by atoms with van der Waals surface area (Å²) in [6.07, 6.45) is 9.38. The van der Waals surface area contributed by atoms with E-state index in [-0.39, 0.29) is 36.8 Å². The minimum atomic E-state index is -1.11. The van der Waals surface area contributed by atoms with Crippen LogP contribution in [0.4, 0.5) is 0 Å². The first-order valence-corrected chi connectivity index (χ1v) is 17.7. The predicted octanol–water partition coefficient (Wildman–Crippen LogP) is 5.29. The van der Waals surface area contributed by atoms with E-state index in [9.17, 15) is 24.6 Å². The Morgan fingerprint density at radius 3 is 2.58 bits per heavy atom. The number of unbranched alkanes of at least 4 members (excludes halogenated alkanes) is 4. The predicted molar refractivity (Wildman–Crippen MR) is 181 cm³/mol. The van der Waals surface area contributed by atoms with Crippen LogP contribution in [0.2, 0.25) is 0 Å². The van der Waals surface area contributed by atoms with E-state index in [4.69, 9.17) is 9.47 Å². The first-order valence-electron chi connectivity index (χ1n) is 16.6. The van der Waals surface area contributed by atoms with Gasteiger partial charge in [-0.3, -0.25) is 14.4 Å². The molecular formula is C35H51IN2O7. The molecule has 0 radical (unpaired) electrons. The number of aliphatic hydroxyl groups excluding tert-OH is 2. The molecular weight excluding hydrogens is 687 g/mol. The van der Waals surface area contributed by atoms with Crippen LogP contribution in [0, 0.1) is 26.7 Å². The van der Waals surface area contributed by atoms with Gasteiger partial charge in [-0.15, -0.1) is 0 Å². The van der Waals surface area contributed by atoms with Gasteiger partial charge in [0.2, 0.25) is 11.8 Å². The quantitative estimate of drug-likeness (QED) is 0.120. The van der Waals surface area contributed by atoms with Gasteiger partial charge < -0.3 is 29.9 Å². The number of fused-ring (bicyclic) bond motifs is 2. The lowest BCUT2D eigenvalue weighted by atomic mass is 9.45. The average Bonchev–Trinajstić information content (AvgIpc) is 3.03. The van der Waals surface area contributed by atoms with Crippen molar-refractivity contribution in [2.75, 3.05) is 26.8 Å². The van der Waals surface area contributed by atoms with E-state index in [0.29, 0.717) is 51.0 Å². The first-order chi connectivity index (χ1) is 21.5. The molecule has 0 aromatic heterocycles. The van der Waals surface area contributed by atoms with E-state index in [1.165, 1.54) is 13.5 Å². The fourth-order valence-electron chi connectivity index (χ4n) is 7.72. The maximum absolute atomic E-state index is 14.1. The van der Waals surface area contributed by atoms with Crippen LogP contribution in [0.5, 0.6) is 11.5 Å². The SMILES string of the molecule is CCCCCCCC(=O)N(CC1CCC2CC1C2(C)C)C1CC(C(=O)NCCO)=CC(Oc2c(I)cc(C=O)cc2OC)C1O. The van der Waals surface area contributed by atoms with Crippen molar-refractivity contribution in [2.45, 2.75) is 103 Å². The van der Waals surface area contributed by atoms with Crippen LogP contribution in [-0.2, 0) is 9.59 Å². The number of carbonyl (C=O) groups is 3. The molecule has 4 aliphatic rings. The summed E-state index contributed by atoms with van der Waals surface area (Å²) in [5.74, 6) is 1.91. The van der Waals surface area contributed by atoms with Crippen LogP contribution in [0.1, 0.15) is 95.3 Å². The van der Waals surface area contributed by atoms with Gasteiger partial charge in [0.25, 0.3) is 0 Å². The van der Waals surface area contributed by atoms with Crippen LogP contribution >= 0.6 is 22.6 Å². The number of aliphatic hydroxyl groups is 2. The number of methoxy groups -OCH3 is 1. The number of benzene rings is 1. The Labute approximate surface area is 281 Å². The Bertz CT molecular complexity index is 1230. The second-order valence-corrected chi connectivity index (χ2v) is 14.7. The zero-order valence-corrected chi connectivity index (χ0v) is 29.4. The smallest absolute Gasteiger partial charge is 0.247 e. The van der Waals surface area contributed by atoms with Gasteiger partial charge in [-0.1, -0.05) is 46.5 Å². The van der Waals surface area contributed by atoms with E-state index in [2.05, 4.69) is 48.7 Å². The van der Waals surface area contributed by atoms with Gasteiger partial charge in [0.1, 0.15) is 18.5 Å². The van der Waals surface area contributed by atoms with Gasteiger partial charge in [0.15, 0.2) is 11.5 Å². The number of ether oxygens (including phenoxy) is 2. The molecule has 0 spiro atoms. The number of hydrogen-bond donors (Lipinski definition) is 3. The molecule has 4 aliphatic carbocycles. The van der Waals surface area contributed by atoms with Crippen LogP contribution in [0.15, 0.2) is 23.8 Å². The zero-order chi connectivity index (χ0) is 32.7. The highest BCUT2D eigenvalue weighted by Crippen LogP contribution is 2.61. The van der Waals surface area contributed by atoms with Gasteiger partial charge in [-0.05, 0) is 89.7 Å². The van der Waals surface area contributed by atoms with Crippen molar-refractivity contribution in [3.63, 3.8) is 0 Å². The van der Waals surface area contributed by atoms with Gasteiger partial charge in [-0.25, -0.2) is 0 Å². The zero-order valence-electron chi connectivity index (χ0n) is 27.2. The number of nitrogens with zero attached hydrogens (tertiary/aromatic N) is 1. The molecule has 0 saturated heterocycles. The summed E-state index contributed by atoms with van der Waals surface area (Å²) < 4.78 is 12.5. The molecule has 3 N–H and O–H groups in total. The molecule has 2 amide bonds. The van der Waals surface area contributed by atoms with Gasteiger partial charge in [-0.2, -0.15) is 0 Å². The van der Waals surface area contributed by atoms with E-state index in [1.54, 1.807) is 18.2 Å². The molecule has 1 aromatic carbocycles. The van der Waals surface area contributed by atoms with Crippen molar-refractivity contribution in [1.29, 1.82) is 0 Å². The topological polar surface area (TPSA) is 125 Å². The Morgan fingerprint density at radius 2 is 1.93 bits per heavy atom. The number of halogens is 1. The van der Waals surface area contributed by atoms with Crippen LogP contribution in [0.3, 0.4) is 0 Å². The van der Waals surface area contributed by atoms with Crippen LogP contribution < -0.4 is 14.8 Å². The summed E-state index contributed by atoms with van der Waals surface area (Å²) in [6.45, 7) is 7.29. The van der Waals surface area contributed by atoms with Crippen LogP contribution in [-0.4, -0.2) is 78.3 Å². The second kappa shape index (κ2) is 16.1. The lowest BCUT2D eigenvalue weighted by Crippen LogP contribution is -2.59. The third kappa shape index (κ3) is 8.22. The molecule has 6 atom stereocenters. The monoisotopic (exact) mass is 738 g/mol. The first kappa shape index (κ1) is 35.7. The molecule has 0 aliphatic heterocycles. The number of rotatable bonds is 16. The average molecular weight is 739 g/mol. The fraction of sp³-hybridized carbons (Fsp3) is 0.686. The van der Waals surface area contributed by atoms with Crippen LogP contribution in [0.25, 0.3) is 0 Å². The molecule has 3 saturated carbocycles. The number of amides is 2. The number of aldehydes is 1. The largest absolute Gasteiger partial charge is 0.493 e. The standard InChI is InChI=1S/C35H51IN2O7/c1-5-6-7-8-9-10-31(41)38(20-23-11-12-25-19-26(23)35(25,2)3)28-17-24(34(43)37-13-14-39)18-29(32(28)42)45-33-27(36)15-22(21-40)16-30(33)44-4/h15-16,18,21,23,25-26,28-29,32,39,42H,5-14,17,19-20H2,1-4H3,(H,37,43). The van der Waals surface area contributed by atoms with E-state index in [1.807, 2.05) is 4.90 Å². The third-order valence-electron chi connectivity index (χ3n) is 10.5. The third-order valence-corrected chi connectivity index (χ3v) is 11.3. The van der Waals surface area contributed by atoms with Crippen molar-refractivity contribution in [3.8, 4) is 11.5 Å².